The van der Waals surface area contributed by atoms with Crippen molar-refractivity contribution in [2.24, 2.45) is 5.92 Å². The molecule has 1 aromatic heterocycles. The Hall–Kier alpha value is -1.88. The topological polar surface area (TPSA) is 43.2 Å². The van der Waals surface area contributed by atoms with Crippen molar-refractivity contribution >= 4 is 0 Å². The van der Waals surface area contributed by atoms with Crippen molar-refractivity contribution in [3.05, 3.63) is 42.5 Å². The van der Waals surface area contributed by atoms with E-state index in [4.69, 9.17) is 4.74 Å². The first kappa shape index (κ1) is 15.0. The summed E-state index contributed by atoms with van der Waals surface area (Å²) in [5, 5.41) is 7.69. The Morgan fingerprint density at radius 3 is 2.91 bits per heavy atom. The molecule has 1 fully saturated rings. The highest BCUT2D eigenvalue weighted by Gasteiger charge is 2.20. The third kappa shape index (κ3) is 4.31. The summed E-state index contributed by atoms with van der Waals surface area (Å²) in [5.74, 6) is 1.61. The zero-order chi connectivity index (χ0) is 15.2. The Morgan fingerprint density at radius 2 is 2.09 bits per heavy atom. The molecule has 0 saturated carbocycles. The molecule has 2 aromatic rings. The molecule has 0 N–H and O–H groups in total. The maximum atomic E-state index is 5.97. The molecule has 0 aliphatic carbocycles. The standard InChI is InChI=1S/C17H24N4O/c1-15-4-2-6-17(10-15)22-12-16-5-3-7-20(11-16)8-9-21-13-18-19-14-21/h2,4,6,10,13-14,16H,3,5,7-9,11-12H2,1H3/t16-/m0/s1. The number of nitrogens with zero attached hydrogens (tertiary/aromatic N) is 4. The monoisotopic (exact) mass is 300 g/mol. The number of piperidine rings is 1. The highest BCUT2D eigenvalue weighted by molar-refractivity contribution is 5.27. The second-order valence-electron chi connectivity index (χ2n) is 6.14. The van der Waals surface area contributed by atoms with Gasteiger partial charge in [-0.25, -0.2) is 0 Å². The highest BCUT2D eigenvalue weighted by atomic mass is 16.5. The lowest BCUT2D eigenvalue weighted by Gasteiger charge is -2.32. The van der Waals surface area contributed by atoms with E-state index in [-0.39, 0.29) is 0 Å². The zero-order valence-corrected chi connectivity index (χ0v) is 13.2. The van der Waals surface area contributed by atoms with Gasteiger partial charge in [-0.3, -0.25) is 0 Å². The smallest absolute Gasteiger partial charge is 0.119 e. The predicted octanol–water partition coefficient (Wildman–Crippen LogP) is 2.38. The lowest BCUT2D eigenvalue weighted by molar-refractivity contribution is 0.127. The van der Waals surface area contributed by atoms with Crippen LogP contribution in [-0.4, -0.2) is 45.9 Å². The first-order valence-electron chi connectivity index (χ1n) is 8.04. The average Bonchev–Trinajstić information content (AvgIpc) is 3.05. The fraction of sp³-hybridized carbons (Fsp3) is 0.529. The molecule has 0 unspecified atom stereocenters. The minimum Gasteiger partial charge on any atom is -0.493 e. The van der Waals surface area contributed by atoms with Gasteiger partial charge in [-0.2, -0.15) is 0 Å². The second kappa shape index (κ2) is 7.40. The van der Waals surface area contributed by atoms with E-state index >= 15 is 0 Å². The summed E-state index contributed by atoms with van der Waals surface area (Å²) in [6, 6.07) is 8.30. The van der Waals surface area contributed by atoms with E-state index in [9.17, 15) is 0 Å². The van der Waals surface area contributed by atoms with Crippen LogP contribution < -0.4 is 4.74 Å². The Bertz CT molecular complexity index is 570. The maximum Gasteiger partial charge on any atom is 0.119 e. The van der Waals surface area contributed by atoms with Gasteiger partial charge in [0.05, 0.1) is 6.61 Å². The molecule has 22 heavy (non-hydrogen) atoms. The van der Waals surface area contributed by atoms with Crippen molar-refractivity contribution in [1.82, 2.24) is 19.7 Å². The lowest BCUT2D eigenvalue weighted by atomic mass is 9.99. The summed E-state index contributed by atoms with van der Waals surface area (Å²) in [7, 11) is 0. The molecule has 1 aliphatic heterocycles. The van der Waals surface area contributed by atoms with Crippen molar-refractivity contribution in [1.29, 1.82) is 0 Å². The molecule has 5 nitrogen and oxygen atoms in total. The lowest BCUT2D eigenvalue weighted by Crippen LogP contribution is -2.39. The molecule has 1 aromatic carbocycles. The van der Waals surface area contributed by atoms with Crippen LogP contribution in [0, 0.1) is 12.8 Å². The van der Waals surface area contributed by atoms with Crippen molar-refractivity contribution in [3.63, 3.8) is 0 Å². The summed E-state index contributed by atoms with van der Waals surface area (Å²) < 4.78 is 8.01. The summed E-state index contributed by atoms with van der Waals surface area (Å²) >= 11 is 0. The summed E-state index contributed by atoms with van der Waals surface area (Å²) in [5.41, 5.74) is 1.25. The molecule has 0 amide bonds. The van der Waals surface area contributed by atoms with Crippen LogP contribution in [0.25, 0.3) is 0 Å². The summed E-state index contributed by atoms with van der Waals surface area (Å²) in [4.78, 5) is 2.52. The average molecular weight is 300 g/mol. The maximum absolute atomic E-state index is 5.97. The van der Waals surface area contributed by atoms with Gasteiger partial charge in [0, 0.05) is 25.6 Å². The van der Waals surface area contributed by atoms with E-state index in [2.05, 4.69) is 40.2 Å². The molecule has 3 rings (SSSR count). The van der Waals surface area contributed by atoms with Crippen LogP contribution in [0.5, 0.6) is 5.75 Å². The molecule has 0 radical (unpaired) electrons. The van der Waals surface area contributed by atoms with Crippen LogP contribution in [-0.2, 0) is 6.54 Å². The van der Waals surface area contributed by atoms with E-state index in [0.29, 0.717) is 5.92 Å². The first-order chi connectivity index (χ1) is 10.8. The third-order valence-corrected chi connectivity index (χ3v) is 4.22. The molecule has 5 heteroatoms. The van der Waals surface area contributed by atoms with Crippen LogP contribution in [0.1, 0.15) is 18.4 Å². The van der Waals surface area contributed by atoms with Gasteiger partial charge in [-0.05, 0) is 44.0 Å². The van der Waals surface area contributed by atoms with Crippen molar-refractivity contribution in [3.8, 4) is 5.75 Å². The minimum atomic E-state index is 0.621. The molecule has 0 spiro atoms. The van der Waals surface area contributed by atoms with Gasteiger partial charge < -0.3 is 14.2 Å². The Kier molecular flexibility index (Phi) is 5.06. The van der Waals surface area contributed by atoms with Crippen LogP contribution in [0.15, 0.2) is 36.9 Å². The zero-order valence-electron chi connectivity index (χ0n) is 13.2. The molecular formula is C17H24N4O. The number of rotatable bonds is 6. The molecule has 0 bridgehead atoms. The number of benzene rings is 1. The minimum absolute atomic E-state index is 0.621. The van der Waals surface area contributed by atoms with E-state index in [1.165, 1.54) is 24.9 Å². The molecule has 118 valence electrons. The van der Waals surface area contributed by atoms with Gasteiger partial charge in [-0.1, -0.05) is 12.1 Å². The number of hydrogen-bond acceptors (Lipinski definition) is 4. The van der Waals surface area contributed by atoms with Crippen molar-refractivity contribution in [2.75, 3.05) is 26.2 Å². The Morgan fingerprint density at radius 1 is 1.23 bits per heavy atom. The van der Waals surface area contributed by atoms with E-state index in [1.54, 1.807) is 12.7 Å². The molecule has 1 atom stereocenters. The van der Waals surface area contributed by atoms with Crippen molar-refractivity contribution < 1.29 is 4.74 Å². The summed E-state index contributed by atoms with van der Waals surface area (Å²) in [6.07, 6.45) is 6.07. The van der Waals surface area contributed by atoms with E-state index in [1.807, 2.05) is 10.6 Å². The van der Waals surface area contributed by atoms with Gasteiger partial charge >= 0.3 is 0 Å². The number of hydrogen-bond donors (Lipinski definition) is 0. The SMILES string of the molecule is Cc1cccc(OC[C@H]2CCCN(CCn3cnnc3)C2)c1. The highest BCUT2D eigenvalue weighted by Crippen LogP contribution is 2.19. The largest absolute Gasteiger partial charge is 0.493 e. The normalized spacial score (nSPS) is 19.2. The second-order valence-corrected chi connectivity index (χ2v) is 6.14. The summed E-state index contributed by atoms with van der Waals surface area (Å²) in [6.45, 7) is 7.22. The van der Waals surface area contributed by atoms with Crippen LogP contribution in [0.3, 0.4) is 0 Å². The Balaban J connectivity index is 1.44. The molecule has 1 aliphatic rings. The predicted molar refractivity (Wildman–Crippen MR) is 85.9 cm³/mol. The molecule has 1 saturated heterocycles. The van der Waals surface area contributed by atoms with E-state index < -0.39 is 0 Å². The van der Waals surface area contributed by atoms with Crippen molar-refractivity contribution in [2.45, 2.75) is 26.3 Å². The Labute approximate surface area is 131 Å². The van der Waals surface area contributed by atoms with Crippen LogP contribution in [0.4, 0.5) is 0 Å². The van der Waals surface area contributed by atoms with Gasteiger partial charge in [0.15, 0.2) is 0 Å². The fourth-order valence-electron chi connectivity index (χ4n) is 3.00. The number of ether oxygens (including phenoxy) is 1. The van der Waals surface area contributed by atoms with Gasteiger partial charge in [-0.15, -0.1) is 10.2 Å². The van der Waals surface area contributed by atoms with Gasteiger partial charge in [0.1, 0.15) is 18.4 Å². The van der Waals surface area contributed by atoms with Crippen LogP contribution >= 0.6 is 0 Å². The van der Waals surface area contributed by atoms with Gasteiger partial charge in [0.2, 0.25) is 0 Å². The molecule has 2 heterocycles. The number of aromatic nitrogens is 3. The van der Waals surface area contributed by atoms with E-state index in [0.717, 1.165) is 32.0 Å². The number of likely N-dealkylation sites (tertiary alicyclic amines) is 1. The molecular weight excluding hydrogens is 276 g/mol. The first-order valence-corrected chi connectivity index (χ1v) is 8.04. The number of aryl methyl sites for hydroxylation is 1. The fourth-order valence-corrected chi connectivity index (χ4v) is 3.00. The third-order valence-electron chi connectivity index (χ3n) is 4.22. The van der Waals surface area contributed by atoms with Gasteiger partial charge in [0.25, 0.3) is 0 Å². The van der Waals surface area contributed by atoms with Crippen LogP contribution in [0.2, 0.25) is 0 Å². The quantitative estimate of drug-likeness (QED) is 0.821.